The van der Waals surface area contributed by atoms with Crippen LogP contribution < -0.4 is 11.1 Å². The van der Waals surface area contributed by atoms with Crippen LogP contribution in [0.3, 0.4) is 0 Å². The summed E-state index contributed by atoms with van der Waals surface area (Å²) in [5.41, 5.74) is 7.97. The van der Waals surface area contributed by atoms with E-state index in [9.17, 15) is 0 Å². The van der Waals surface area contributed by atoms with Gasteiger partial charge in [0.25, 0.3) is 6.01 Å². The predicted octanol–water partition coefficient (Wildman–Crippen LogP) is 3.86. The number of nitrogens with one attached hydrogen (secondary N) is 1. The molecule has 3 N–H and O–H groups in total. The van der Waals surface area contributed by atoms with Crippen molar-refractivity contribution in [2.24, 2.45) is 0 Å². The molecule has 0 aliphatic heterocycles. The lowest BCUT2D eigenvalue weighted by Crippen LogP contribution is -2.26. The first-order valence-electron chi connectivity index (χ1n) is 6.49. The first kappa shape index (κ1) is 13.0. The lowest BCUT2D eigenvalue weighted by atomic mass is 9.91. The van der Waals surface area contributed by atoms with E-state index in [1.54, 1.807) is 11.3 Å². The average molecular weight is 287 g/mol. The molecule has 0 radical (unpaired) electrons. The Morgan fingerprint density at radius 2 is 2.15 bits per heavy atom. The molecule has 0 saturated heterocycles. The van der Waals surface area contributed by atoms with Gasteiger partial charge in [0.2, 0.25) is 0 Å². The van der Waals surface area contributed by atoms with Gasteiger partial charge in [-0.25, -0.2) is 0 Å². The standard InChI is InChI=1S/C15H17N3OS/c1-15(2,12-7-4-8-20-12)9-17-14-18-13-10(16)5-3-6-11(13)19-14/h3-8H,9,16H2,1-2H3,(H,17,18). The molecule has 0 unspecified atom stereocenters. The molecule has 3 rings (SSSR count). The molecule has 0 spiro atoms. The van der Waals surface area contributed by atoms with Gasteiger partial charge in [-0.3, -0.25) is 0 Å². The maximum Gasteiger partial charge on any atom is 0.295 e. The summed E-state index contributed by atoms with van der Waals surface area (Å²) in [4.78, 5) is 5.73. The molecule has 1 aromatic carbocycles. The lowest BCUT2D eigenvalue weighted by Gasteiger charge is -2.22. The first-order chi connectivity index (χ1) is 9.56. The molecule has 2 aromatic heterocycles. The van der Waals surface area contributed by atoms with E-state index >= 15 is 0 Å². The Morgan fingerprint density at radius 3 is 2.85 bits per heavy atom. The van der Waals surface area contributed by atoms with Crippen LogP contribution in [0, 0.1) is 0 Å². The van der Waals surface area contributed by atoms with Gasteiger partial charge in [-0.1, -0.05) is 26.0 Å². The van der Waals surface area contributed by atoms with E-state index < -0.39 is 0 Å². The summed E-state index contributed by atoms with van der Waals surface area (Å²) in [5, 5.41) is 5.36. The topological polar surface area (TPSA) is 64.1 Å². The van der Waals surface area contributed by atoms with Crippen LogP contribution in [0.4, 0.5) is 11.7 Å². The van der Waals surface area contributed by atoms with Crippen LogP contribution in [-0.2, 0) is 5.41 Å². The van der Waals surface area contributed by atoms with Gasteiger partial charge in [0.05, 0.1) is 5.69 Å². The zero-order valence-electron chi connectivity index (χ0n) is 11.5. The summed E-state index contributed by atoms with van der Waals surface area (Å²) < 4.78 is 5.66. The highest BCUT2D eigenvalue weighted by Crippen LogP contribution is 2.29. The number of oxazole rings is 1. The number of nitrogen functional groups attached to an aromatic ring is 1. The predicted molar refractivity (Wildman–Crippen MR) is 84.3 cm³/mol. The maximum atomic E-state index is 5.88. The molecule has 0 aliphatic rings. The van der Waals surface area contributed by atoms with E-state index in [0.29, 0.717) is 22.8 Å². The number of benzene rings is 1. The number of rotatable bonds is 4. The molecule has 104 valence electrons. The molecule has 20 heavy (non-hydrogen) atoms. The zero-order valence-corrected chi connectivity index (χ0v) is 12.3. The number of nitrogens with zero attached hydrogens (tertiary/aromatic N) is 1. The van der Waals surface area contributed by atoms with Crippen molar-refractivity contribution in [1.29, 1.82) is 0 Å². The lowest BCUT2D eigenvalue weighted by molar-refractivity contribution is 0.544. The number of anilines is 2. The van der Waals surface area contributed by atoms with Crippen LogP contribution in [0.25, 0.3) is 11.1 Å². The van der Waals surface area contributed by atoms with Crippen LogP contribution in [0.5, 0.6) is 0 Å². The van der Waals surface area contributed by atoms with Crippen LogP contribution >= 0.6 is 11.3 Å². The number of para-hydroxylation sites is 1. The quantitative estimate of drug-likeness (QED) is 0.715. The summed E-state index contributed by atoms with van der Waals surface area (Å²) in [6.07, 6.45) is 0. The largest absolute Gasteiger partial charge is 0.423 e. The normalized spacial score (nSPS) is 11.9. The Bertz CT molecular complexity index is 716. The minimum Gasteiger partial charge on any atom is -0.423 e. The highest BCUT2D eigenvalue weighted by molar-refractivity contribution is 7.10. The number of aromatic nitrogens is 1. The number of fused-ring (bicyclic) bond motifs is 1. The summed E-state index contributed by atoms with van der Waals surface area (Å²) in [5.74, 6) is 0. The second-order valence-electron chi connectivity index (χ2n) is 5.43. The highest BCUT2D eigenvalue weighted by Gasteiger charge is 2.22. The van der Waals surface area contributed by atoms with Crippen molar-refractivity contribution in [1.82, 2.24) is 4.98 Å². The Morgan fingerprint density at radius 1 is 1.30 bits per heavy atom. The van der Waals surface area contributed by atoms with Crippen molar-refractivity contribution < 1.29 is 4.42 Å². The van der Waals surface area contributed by atoms with Gasteiger partial charge in [-0.15, -0.1) is 11.3 Å². The van der Waals surface area contributed by atoms with Gasteiger partial charge in [-0.2, -0.15) is 4.98 Å². The Hall–Kier alpha value is -2.01. The van der Waals surface area contributed by atoms with E-state index in [1.807, 2.05) is 18.2 Å². The Labute approximate surface area is 121 Å². The maximum absolute atomic E-state index is 5.88. The SMILES string of the molecule is CC(C)(CNc1nc2c(N)cccc2o1)c1cccs1. The third-order valence-electron chi connectivity index (χ3n) is 3.32. The third kappa shape index (κ3) is 2.36. The first-order valence-corrected chi connectivity index (χ1v) is 7.37. The molecule has 0 atom stereocenters. The highest BCUT2D eigenvalue weighted by atomic mass is 32.1. The molecule has 0 saturated carbocycles. The fourth-order valence-corrected chi connectivity index (χ4v) is 2.94. The van der Waals surface area contributed by atoms with Crippen LogP contribution in [0.1, 0.15) is 18.7 Å². The van der Waals surface area contributed by atoms with Gasteiger partial charge in [0.15, 0.2) is 5.58 Å². The number of hydrogen-bond donors (Lipinski definition) is 2. The van der Waals surface area contributed by atoms with Gasteiger partial charge in [-0.05, 0) is 23.6 Å². The Kier molecular flexibility index (Phi) is 3.14. The summed E-state index contributed by atoms with van der Waals surface area (Å²) in [6, 6.07) is 10.3. The van der Waals surface area contributed by atoms with E-state index in [0.717, 1.165) is 6.54 Å². The second kappa shape index (κ2) is 4.83. The van der Waals surface area contributed by atoms with E-state index in [-0.39, 0.29) is 5.41 Å². The summed E-state index contributed by atoms with van der Waals surface area (Å²) >= 11 is 1.76. The smallest absolute Gasteiger partial charge is 0.295 e. The van der Waals surface area contributed by atoms with Crippen molar-refractivity contribution >= 4 is 34.1 Å². The fraction of sp³-hybridized carbons (Fsp3) is 0.267. The third-order valence-corrected chi connectivity index (χ3v) is 4.56. The minimum atomic E-state index is 0.0281. The van der Waals surface area contributed by atoms with Crippen molar-refractivity contribution in [2.45, 2.75) is 19.3 Å². The second-order valence-corrected chi connectivity index (χ2v) is 6.38. The molecule has 0 fully saturated rings. The zero-order chi connectivity index (χ0) is 14.2. The van der Waals surface area contributed by atoms with Gasteiger partial charge < -0.3 is 15.5 Å². The molecule has 2 heterocycles. The van der Waals surface area contributed by atoms with Crippen LogP contribution in [0.2, 0.25) is 0 Å². The molecule has 5 heteroatoms. The molecular formula is C15H17N3OS. The van der Waals surface area contributed by atoms with E-state index in [2.05, 4.69) is 41.7 Å². The number of thiophene rings is 1. The molecule has 0 bridgehead atoms. The molecule has 0 amide bonds. The number of hydrogen-bond acceptors (Lipinski definition) is 5. The number of nitrogens with two attached hydrogens (primary N) is 1. The van der Waals surface area contributed by atoms with Crippen molar-refractivity contribution in [3.05, 3.63) is 40.6 Å². The van der Waals surface area contributed by atoms with Gasteiger partial charge >= 0.3 is 0 Å². The summed E-state index contributed by atoms with van der Waals surface area (Å²) in [7, 11) is 0. The molecular weight excluding hydrogens is 270 g/mol. The van der Waals surface area contributed by atoms with Crippen LogP contribution in [0.15, 0.2) is 40.1 Å². The van der Waals surface area contributed by atoms with Crippen molar-refractivity contribution in [3.8, 4) is 0 Å². The van der Waals surface area contributed by atoms with Crippen LogP contribution in [-0.4, -0.2) is 11.5 Å². The fourth-order valence-electron chi connectivity index (χ4n) is 2.09. The van der Waals surface area contributed by atoms with E-state index in [4.69, 9.17) is 10.2 Å². The van der Waals surface area contributed by atoms with Gasteiger partial charge in [0, 0.05) is 16.8 Å². The van der Waals surface area contributed by atoms with E-state index in [1.165, 1.54) is 4.88 Å². The molecule has 4 nitrogen and oxygen atoms in total. The minimum absolute atomic E-state index is 0.0281. The molecule has 3 aromatic rings. The van der Waals surface area contributed by atoms with Crippen molar-refractivity contribution in [2.75, 3.05) is 17.6 Å². The van der Waals surface area contributed by atoms with Crippen molar-refractivity contribution in [3.63, 3.8) is 0 Å². The Balaban J connectivity index is 1.79. The monoisotopic (exact) mass is 287 g/mol. The average Bonchev–Trinajstić information content (AvgIpc) is 3.06. The van der Waals surface area contributed by atoms with Gasteiger partial charge in [0.1, 0.15) is 5.52 Å². The summed E-state index contributed by atoms with van der Waals surface area (Å²) in [6.45, 7) is 5.14. The molecule has 0 aliphatic carbocycles.